The van der Waals surface area contributed by atoms with Gasteiger partial charge in [0.15, 0.2) is 5.76 Å². The summed E-state index contributed by atoms with van der Waals surface area (Å²) in [6.45, 7) is 1.66. The van der Waals surface area contributed by atoms with Gasteiger partial charge in [-0.25, -0.2) is 4.98 Å². The van der Waals surface area contributed by atoms with Crippen LogP contribution in [-0.2, 0) is 6.18 Å². The van der Waals surface area contributed by atoms with Crippen LogP contribution in [0.5, 0.6) is 0 Å². The molecular formula is C19H14F3N3O3. The van der Waals surface area contributed by atoms with Crippen LogP contribution in [0.1, 0.15) is 32.3 Å². The van der Waals surface area contributed by atoms with E-state index in [1.54, 1.807) is 19.1 Å². The van der Waals surface area contributed by atoms with Crippen LogP contribution in [0.2, 0.25) is 0 Å². The second kappa shape index (κ2) is 7.55. The van der Waals surface area contributed by atoms with Gasteiger partial charge in [0.25, 0.3) is 11.8 Å². The van der Waals surface area contributed by atoms with Crippen molar-refractivity contribution in [2.45, 2.75) is 13.1 Å². The number of benzene rings is 1. The average molecular weight is 389 g/mol. The Labute approximate surface area is 157 Å². The van der Waals surface area contributed by atoms with E-state index >= 15 is 0 Å². The van der Waals surface area contributed by atoms with Crippen molar-refractivity contribution < 1.29 is 27.2 Å². The van der Waals surface area contributed by atoms with Gasteiger partial charge in [0.1, 0.15) is 5.69 Å². The number of pyridine rings is 1. The van der Waals surface area contributed by atoms with Crippen LogP contribution in [0.25, 0.3) is 0 Å². The summed E-state index contributed by atoms with van der Waals surface area (Å²) < 4.78 is 45.3. The first kappa shape index (κ1) is 19.2. The summed E-state index contributed by atoms with van der Waals surface area (Å²) in [7, 11) is 0. The molecule has 0 saturated carbocycles. The molecule has 0 atom stereocenters. The number of aromatic nitrogens is 1. The van der Waals surface area contributed by atoms with Crippen molar-refractivity contribution >= 4 is 23.2 Å². The minimum atomic E-state index is -4.76. The fourth-order valence-electron chi connectivity index (χ4n) is 2.42. The number of halogens is 3. The van der Waals surface area contributed by atoms with Crippen molar-refractivity contribution in [1.82, 2.24) is 4.98 Å². The number of carbonyl (C=O) groups excluding carboxylic acids is 2. The highest BCUT2D eigenvalue weighted by Crippen LogP contribution is 2.37. The van der Waals surface area contributed by atoms with E-state index in [0.717, 1.165) is 12.1 Å². The second-order valence-electron chi connectivity index (χ2n) is 5.81. The van der Waals surface area contributed by atoms with Gasteiger partial charge in [0.2, 0.25) is 0 Å². The normalized spacial score (nSPS) is 11.1. The zero-order valence-corrected chi connectivity index (χ0v) is 14.5. The summed E-state index contributed by atoms with van der Waals surface area (Å²) in [5.41, 5.74) is -1.11. The monoisotopic (exact) mass is 389 g/mol. The molecular weight excluding hydrogens is 375 g/mol. The molecule has 2 amide bonds. The summed E-state index contributed by atoms with van der Waals surface area (Å²) >= 11 is 0. The van der Waals surface area contributed by atoms with E-state index in [9.17, 15) is 22.8 Å². The number of nitrogens with one attached hydrogen (secondary N) is 2. The molecule has 1 aromatic carbocycles. The van der Waals surface area contributed by atoms with Crippen LogP contribution in [0.4, 0.5) is 24.5 Å². The molecule has 0 fully saturated rings. The van der Waals surface area contributed by atoms with Gasteiger partial charge in [-0.2, -0.15) is 13.2 Å². The van der Waals surface area contributed by atoms with Crippen LogP contribution in [-0.4, -0.2) is 16.8 Å². The number of nitrogens with zero attached hydrogens (tertiary/aromatic N) is 1. The van der Waals surface area contributed by atoms with Crippen molar-refractivity contribution in [3.05, 3.63) is 77.5 Å². The quantitative estimate of drug-likeness (QED) is 0.688. The Morgan fingerprint density at radius 3 is 2.43 bits per heavy atom. The van der Waals surface area contributed by atoms with Gasteiger partial charge >= 0.3 is 6.18 Å². The molecule has 3 rings (SSSR count). The van der Waals surface area contributed by atoms with Crippen molar-refractivity contribution in [1.29, 1.82) is 0 Å². The first-order chi connectivity index (χ1) is 13.2. The third-order valence-electron chi connectivity index (χ3n) is 3.70. The number of anilines is 2. The zero-order chi connectivity index (χ0) is 20.3. The number of amides is 2. The Morgan fingerprint density at radius 1 is 1.00 bits per heavy atom. The fourth-order valence-corrected chi connectivity index (χ4v) is 2.42. The largest absolute Gasteiger partial charge is 0.459 e. The van der Waals surface area contributed by atoms with Crippen LogP contribution >= 0.6 is 0 Å². The lowest BCUT2D eigenvalue weighted by Gasteiger charge is -2.15. The average Bonchev–Trinajstić information content (AvgIpc) is 3.17. The summed E-state index contributed by atoms with van der Waals surface area (Å²) in [5.74, 6) is -1.52. The predicted octanol–water partition coefficient (Wildman–Crippen LogP) is 4.51. The van der Waals surface area contributed by atoms with Crippen molar-refractivity contribution in [2.75, 3.05) is 10.6 Å². The van der Waals surface area contributed by atoms with Crippen LogP contribution in [0, 0.1) is 6.92 Å². The SMILES string of the molecule is Cc1cccc(C(=O)Nc2ccc(NC(=O)c3ccco3)cc2C(F)(F)F)n1. The van der Waals surface area contributed by atoms with Gasteiger partial charge in [-0.05, 0) is 49.4 Å². The zero-order valence-electron chi connectivity index (χ0n) is 14.5. The second-order valence-corrected chi connectivity index (χ2v) is 5.81. The molecule has 0 radical (unpaired) electrons. The minimum absolute atomic E-state index is 0.0108. The Morgan fingerprint density at radius 2 is 1.79 bits per heavy atom. The van der Waals surface area contributed by atoms with Gasteiger partial charge in [0.05, 0.1) is 17.5 Å². The number of hydrogen-bond acceptors (Lipinski definition) is 4. The molecule has 0 aliphatic rings. The predicted molar refractivity (Wildman–Crippen MR) is 95.0 cm³/mol. The van der Waals surface area contributed by atoms with Gasteiger partial charge in [-0.3, -0.25) is 9.59 Å². The molecule has 9 heteroatoms. The van der Waals surface area contributed by atoms with Crippen LogP contribution in [0.3, 0.4) is 0 Å². The minimum Gasteiger partial charge on any atom is -0.459 e. The number of aryl methyl sites for hydroxylation is 1. The molecule has 0 bridgehead atoms. The third kappa shape index (κ3) is 4.37. The maximum absolute atomic E-state index is 13.5. The third-order valence-corrected chi connectivity index (χ3v) is 3.70. The van der Waals surface area contributed by atoms with E-state index in [1.165, 1.54) is 30.5 Å². The number of hydrogen-bond donors (Lipinski definition) is 2. The molecule has 144 valence electrons. The van der Waals surface area contributed by atoms with Crippen LogP contribution < -0.4 is 10.6 Å². The Bertz CT molecular complexity index is 1010. The van der Waals surface area contributed by atoms with Crippen molar-refractivity contribution in [3.63, 3.8) is 0 Å². The molecule has 0 spiro atoms. The van der Waals surface area contributed by atoms with Gasteiger partial charge in [0, 0.05) is 11.4 Å². The van der Waals surface area contributed by atoms with E-state index in [-0.39, 0.29) is 17.1 Å². The molecule has 0 aliphatic heterocycles. The molecule has 0 aliphatic carbocycles. The standard InChI is InChI=1S/C19H14F3N3O3/c1-11-4-2-5-15(23-11)17(26)25-14-8-7-12(10-13(14)19(20,21)22)24-18(27)16-6-3-9-28-16/h2-10H,1H3,(H,24,27)(H,25,26). The van der Waals surface area contributed by atoms with E-state index in [0.29, 0.717) is 5.69 Å². The van der Waals surface area contributed by atoms with E-state index in [2.05, 4.69) is 15.6 Å². The maximum Gasteiger partial charge on any atom is 0.418 e. The summed E-state index contributed by atoms with van der Waals surface area (Å²) in [6, 6.07) is 10.5. The first-order valence-corrected chi connectivity index (χ1v) is 8.05. The number of alkyl halides is 3. The Kier molecular flexibility index (Phi) is 5.16. The van der Waals surface area contributed by atoms with E-state index in [4.69, 9.17) is 4.42 Å². The van der Waals surface area contributed by atoms with E-state index < -0.39 is 29.2 Å². The maximum atomic E-state index is 13.5. The summed E-state index contributed by atoms with van der Waals surface area (Å²) in [6.07, 6.45) is -3.48. The lowest BCUT2D eigenvalue weighted by molar-refractivity contribution is -0.136. The molecule has 0 saturated heterocycles. The lowest BCUT2D eigenvalue weighted by atomic mass is 10.1. The van der Waals surface area contributed by atoms with Crippen molar-refractivity contribution in [2.24, 2.45) is 0 Å². The molecule has 2 aromatic heterocycles. The van der Waals surface area contributed by atoms with Crippen molar-refractivity contribution in [3.8, 4) is 0 Å². The number of carbonyl (C=O) groups is 2. The highest BCUT2D eigenvalue weighted by Gasteiger charge is 2.34. The highest BCUT2D eigenvalue weighted by molar-refractivity contribution is 6.04. The molecule has 6 nitrogen and oxygen atoms in total. The molecule has 28 heavy (non-hydrogen) atoms. The highest BCUT2D eigenvalue weighted by atomic mass is 19.4. The van der Waals surface area contributed by atoms with E-state index in [1.807, 2.05) is 0 Å². The first-order valence-electron chi connectivity index (χ1n) is 8.05. The topological polar surface area (TPSA) is 84.2 Å². The Hall–Kier alpha value is -3.62. The Balaban J connectivity index is 1.87. The van der Waals surface area contributed by atoms with Gasteiger partial charge < -0.3 is 15.1 Å². The number of rotatable bonds is 4. The summed E-state index contributed by atoms with van der Waals surface area (Å²) in [4.78, 5) is 28.2. The molecule has 3 aromatic rings. The van der Waals surface area contributed by atoms with Crippen LogP contribution in [0.15, 0.2) is 59.2 Å². The molecule has 0 unspecified atom stereocenters. The number of furan rings is 1. The molecule has 2 heterocycles. The van der Waals surface area contributed by atoms with Gasteiger partial charge in [-0.1, -0.05) is 6.07 Å². The smallest absolute Gasteiger partial charge is 0.418 e. The molecule has 2 N–H and O–H groups in total. The van der Waals surface area contributed by atoms with Gasteiger partial charge in [-0.15, -0.1) is 0 Å². The fraction of sp³-hybridized carbons (Fsp3) is 0.105. The lowest BCUT2D eigenvalue weighted by Crippen LogP contribution is -2.19. The summed E-state index contributed by atoms with van der Waals surface area (Å²) in [5, 5.41) is 4.53.